The van der Waals surface area contributed by atoms with Gasteiger partial charge in [0.1, 0.15) is 11.9 Å². The molecule has 6 heteroatoms. The maximum absolute atomic E-state index is 13.2. The van der Waals surface area contributed by atoms with E-state index in [-0.39, 0.29) is 12.1 Å². The molecule has 6 nitrogen and oxygen atoms in total. The Labute approximate surface area is 168 Å². The van der Waals surface area contributed by atoms with Crippen molar-refractivity contribution in [3.05, 3.63) is 102 Å². The SMILES string of the molecule is O=C(Nc1cccc2cccnc12)C1=C2C=CC=CN2C(Cc2ccc[nH+]c2)N1. The van der Waals surface area contributed by atoms with Crippen LogP contribution >= 0.6 is 0 Å². The van der Waals surface area contributed by atoms with Gasteiger partial charge in [-0.25, -0.2) is 4.98 Å². The van der Waals surface area contributed by atoms with E-state index in [9.17, 15) is 4.79 Å². The summed E-state index contributed by atoms with van der Waals surface area (Å²) in [4.78, 5) is 22.8. The molecule has 0 bridgehead atoms. The van der Waals surface area contributed by atoms with Gasteiger partial charge in [0.15, 0.2) is 12.4 Å². The standard InChI is InChI=1S/C23H19N5O/c29-23(26-18-9-3-7-17-8-5-12-25-21(17)18)22-19-10-1-2-13-28(19)20(27-22)14-16-6-4-11-24-15-16/h1-13,15,20,27H,14H2,(H,26,29)/p+1. The van der Waals surface area contributed by atoms with Gasteiger partial charge in [0.25, 0.3) is 5.91 Å². The zero-order valence-corrected chi connectivity index (χ0v) is 15.7. The van der Waals surface area contributed by atoms with Gasteiger partial charge in [-0.2, -0.15) is 0 Å². The Balaban J connectivity index is 1.42. The summed E-state index contributed by atoms with van der Waals surface area (Å²) in [5, 5.41) is 7.43. The Morgan fingerprint density at radius 1 is 1.17 bits per heavy atom. The lowest BCUT2D eigenvalue weighted by Gasteiger charge is -2.25. The van der Waals surface area contributed by atoms with E-state index in [0.717, 1.165) is 28.6 Å². The number of nitrogens with one attached hydrogen (secondary N) is 3. The molecule has 0 aliphatic carbocycles. The molecular weight excluding hydrogens is 362 g/mol. The molecule has 0 saturated heterocycles. The van der Waals surface area contributed by atoms with Crippen LogP contribution in [0.5, 0.6) is 0 Å². The zero-order chi connectivity index (χ0) is 19.6. The van der Waals surface area contributed by atoms with Gasteiger partial charge in [-0.05, 0) is 30.4 Å². The van der Waals surface area contributed by atoms with Gasteiger partial charge in [0.05, 0.1) is 16.9 Å². The maximum atomic E-state index is 13.2. The molecule has 1 aromatic carbocycles. The Morgan fingerprint density at radius 2 is 2.10 bits per heavy atom. The number of carbonyl (C=O) groups excluding carboxylic acids is 1. The molecule has 5 rings (SSSR count). The minimum Gasteiger partial charge on any atom is -0.358 e. The van der Waals surface area contributed by atoms with E-state index in [1.807, 2.05) is 73.2 Å². The number of aromatic amines is 1. The summed E-state index contributed by atoms with van der Waals surface area (Å²) in [6.45, 7) is 0. The molecule has 3 N–H and O–H groups in total. The molecular formula is C23H20N5O+. The number of carbonyl (C=O) groups is 1. The topological polar surface area (TPSA) is 71.4 Å². The molecule has 3 aromatic rings. The summed E-state index contributed by atoms with van der Waals surface area (Å²) < 4.78 is 0. The van der Waals surface area contributed by atoms with E-state index in [4.69, 9.17) is 0 Å². The van der Waals surface area contributed by atoms with Crippen LogP contribution in [0.1, 0.15) is 5.56 Å². The van der Waals surface area contributed by atoms with E-state index in [0.29, 0.717) is 11.4 Å². The van der Waals surface area contributed by atoms with Crippen molar-refractivity contribution >= 4 is 22.5 Å². The fraction of sp³-hybridized carbons (Fsp3) is 0.0870. The largest absolute Gasteiger partial charge is 0.358 e. The molecule has 4 heterocycles. The number of hydrogen-bond donors (Lipinski definition) is 2. The first-order valence-electron chi connectivity index (χ1n) is 9.54. The van der Waals surface area contributed by atoms with Crippen molar-refractivity contribution in [3.63, 3.8) is 0 Å². The number of benzene rings is 1. The van der Waals surface area contributed by atoms with Crippen molar-refractivity contribution < 1.29 is 9.78 Å². The molecule has 0 radical (unpaired) electrons. The predicted molar refractivity (Wildman–Crippen MR) is 111 cm³/mol. The van der Waals surface area contributed by atoms with Gasteiger partial charge in [-0.1, -0.05) is 24.3 Å². The lowest BCUT2D eigenvalue weighted by molar-refractivity contribution is -0.378. The monoisotopic (exact) mass is 382 g/mol. The average molecular weight is 382 g/mol. The van der Waals surface area contributed by atoms with E-state index >= 15 is 0 Å². The fourth-order valence-electron chi connectivity index (χ4n) is 3.75. The molecule has 0 saturated carbocycles. The van der Waals surface area contributed by atoms with Gasteiger partial charge in [-0.15, -0.1) is 0 Å². The normalized spacial score (nSPS) is 17.4. The molecule has 29 heavy (non-hydrogen) atoms. The molecule has 2 aliphatic heterocycles. The number of H-pyrrole nitrogens is 1. The summed E-state index contributed by atoms with van der Waals surface area (Å²) in [5.74, 6) is -0.176. The van der Waals surface area contributed by atoms with Crippen molar-refractivity contribution in [2.45, 2.75) is 12.6 Å². The lowest BCUT2D eigenvalue weighted by Crippen LogP contribution is -2.37. The first-order chi connectivity index (χ1) is 14.3. The molecule has 1 amide bonds. The van der Waals surface area contributed by atoms with Crippen molar-refractivity contribution in [1.29, 1.82) is 0 Å². The highest BCUT2D eigenvalue weighted by Crippen LogP contribution is 2.28. The first kappa shape index (κ1) is 17.2. The van der Waals surface area contributed by atoms with Crippen LogP contribution in [0.2, 0.25) is 0 Å². The quantitative estimate of drug-likeness (QED) is 0.728. The van der Waals surface area contributed by atoms with Crippen molar-refractivity contribution in [2.24, 2.45) is 0 Å². The number of allylic oxidation sites excluding steroid dienone is 3. The summed E-state index contributed by atoms with van der Waals surface area (Å²) in [5.41, 5.74) is 4.06. The highest BCUT2D eigenvalue weighted by atomic mass is 16.2. The van der Waals surface area contributed by atoms with Gasteiger partial charge < -0.3 is 15.5 Å². The third-order valence-electron chi connectivity index (χ3n) is 5.10. The van der Waals surface area contributed by atoms with Gasteiger partial charge >= 0.3 is 0 Å². The van der Waals surface area contributed by atoms with Crippen LogP contribution in [0.3, 0.4) is 0 Å². The highest BCUT2D eigenvalue weighted by Gasteiger charge is 2.33. The van der Waals surface area contributed by atoms with Crippen LogP contribution in [0.15, 0.2) is 96.9 Å². The van der Waals surface area contributed by atoms with Crippen molar-refractivity contribution in [3.8, 4) is 0 Å². The molecule has 1 unspecified atom stereocenters. The van der Waals surface area contributed by atoms with Crippen molar-refractivity contribution in [1.82, 2.24) is 15.2 Å². The van der Waals surface area contributed by atoms with E-state index < -0.39 is 0 Å². The van der Waals surface area contributed by atoms with Crippen LogP contribution in [0.4, 0.5) is 5.69 Å². The Bertz CT molecular complexity index is 1160. The van der Waals surface area contributed by atoms with Crippen LogP contribution < -0.4 is 15.6 Å². The Hall–Kier alpha value is -3.93. The average Bonchev–Trinajstić information content (AvgIpc) is 3.13. The number of pyridine rings is 2. The summed E-state index contributed by atoms with van der Waals surface area (Å²) in [6, 6.07) is 13.7. The smallest absolute Gasteiger partial charge is 0.274 e. The van der Waals surface area contributed by atoms with E-state index in [2.05, 4.69) is 31.6 Å². The summed E-state index contributed by atoms with van der Waals surface area (Å²) >= 11 is 0. The third-order valence-corrected chi connectivity index (χ3v) is 5.10. The second-order valence-corrected chi connectivity index (χ2v) is 6.98. The number of nitrogens with zero attached hydrogens (tertiary/aromatic N) is 2. The summed E-state index contributed by atoms with van der Waals surface area (Å²) in [7, 11) is 0. The Kier molecular flexibility index (Phi) is 4.29. The number of hydrogen-bond acceptors (Lipinski definition) is 4. The maximum Gasteiger partial charge on any atom is 0.274 e. The minimum absolute atomic E-state index is 0.0339. The molecule has 142 valence electrons. The number of rotatable bonds is 4. The number of anilines is 1. The molecule has 1 atom stereocenters. The third kappa shape index (κ3) is 3.25. The second-order valence-electron chi connectivity index (χ2n) is 6.98. The number of fused-ring (bicyclic) bond motifs is 2. The van der Waals surface area contributed by atoms with Crippen LogP contribution in [-0.4, -0.2) is 22.0 Å². The number of aromatic nitrogens is 2. The van der Waals surface area contributed by atoms with E-state index in [1.165, 1.54) is 0 Å². The highest BCUT2D eigenvalue weighted by molar-refractivity contribution is 6.08. The number of para-hydroxylation sites is 1. The predicted octanol–water partition coefficient (Wildman–Crippen LogP) is 2.76. The van der Waals surface area contributed by atoms with Gasteiger partial charge in [0.2, 0.25) is 0 Å². The van der Waals surface area contributed by atoms with Crippen LogP contribution in [0, 0.1) is 0 Å². The zero-order valence-electron chi connectivity index (χ0n) is 15.7. The van der Waals surface area contributed by atoms with Crippen LogP contribution in [-0.2, 0) is 11.2 Å². The van der Waals surface area contributed by atoms with Crippen molar-refractivity contribution in [2.75, 3.05) is 5.32 Å². The van der Waals surface area contributed by atoms with Gasteiger partial charge in [0, 0.05) is 35.8 Å². The summed E-state index contributed by atoms with van der Waals surface area (Å²) in [6.07, 6.45) is 14.2. The fourth-order valence-corrected chi connectivity index (χ4v) is 3.75. The molecule has 2 aromatic heterocycles. The Morgan fingerprint density at radius 3 is 3.00 bits per heavy atom. The molecule has 0 spiro atoms. The molecule has 0 fully saturated rings. The van der Waals surface area contributed by atoms with Gasteiger partial charge in [-0.3, -0.25) is 9.78 Å². The van der Waals surface area contributed by atoms with E-state index in [1.54, 1.807) is 6.20 Å². The minimum atomic E-state index is -0.176. The van der Waals surface area contributed by atoms with Crippen LogP contribution in [0.25, 0.3) is 10.9 Å². The molecule has 2 aliphatic rings. The second kappa shape index (κ2) is 7.24. The lowest BCUT2D eigenvalue weighted by atomic mass is 10.1. The number of amides is 1. The first-order valence-corrected chi connectivity index (χ1v) is 9.54.